The van der Waals surface area contributed by atoms with Gasteiger partial charge in [-0.15, -0.1) is 0 Å². The zero-order valence-electron chi connectivity index (χ0n) is 11.4. The summed E-state index contributed by atoms with van der Waals surface area (Å²) in [4.78, 5) is 0. The summed E-state index contributed by atoms with van der Waals surface area (Å²) in [6.45, 7) is 0.774. The zero-order chi connectivity index (χ0) is 15.2. The second kappa shape index (κ2) is 7.55. The van der Waals surface area contributed by atoms with Crippen LogP contribution in [0.3, 0.4) is 0 Å². The molecule has 0 saturated heterocycles. The van der Waals surface area contributed by atoms with Gasteiger partial charge in [0.2, 0.25) is 0 Å². The number of aliphatic hydroxyl groups is 1. The van der Waals surface area contributed by atoms with Gasteiger partial charge in [0.05, 0.1) is 6.61 Å². The summed E-state index contributed by atoms with van der Waals surface area (Å²) in [5.41, 5.74) is 1.76. The van der Waals surface area contributed by atoms with Crippen molar-refractivity contribution in [1.29, 1.82) is 0 Å². The molecule has 1 heterocycles. The lowest BCUT2D eigenvalue weighted by Crippen LogP contribution is -1.91. The summed E-state index contributed by atoms with van der Waals surface area (Å²) >= 11 is 11.6. The van der Waals surface area contributed by atoms with Gasteiger partial charge in [-0.1, -0.05) is 35.3 Å². The zero-order valence-corrected chi connectivity index (χ0v) is 12.9. The number of benzene rings is 2. The number of fused-ring (bicyclic) bond motifs is 1. The van der Waals surface area contributed by atoms with Gasteiger partial charge in [0.15, 0.2) is 0 Å². The highest BCUT2D eigenvalue weighted by Crippen LogP contribution is 2.30. The molecule has 3 rings (SSSR count). The first-order valence-corrected chi connectivity index (χ1v) is 7.36. The molecule has 0 fully saturated rings. The van der Waals surface area contributed by atoms with Gasteiger partial charge in [0.25, 0.3) is 0 Å². The first-order chi connectivity index (χ1) is 10.1. The van der Waals surface area contributed by atoms with E-state index < -0.39 is 0 Å². The van der Waals surface area contributed by atoms with Crippen LogP contribution in [-0.2, 0) is 12.8 Å². The van der Waals surface area contributed by atoms with Crippen LogP contribution in [0.25, 0.3) is 0 Å². The molecular weight excluding hydrogens is 311 g/mol. The summed E-state index contributed by atoms with van der Waals surface area (Å²) in [5.74, 6) is 1.10. The van der Waals surface area contributed by atoms with E-state index in [0.29, 0.717) is 17.0 Å². The Morgan fingerprint density at radius 2 is 1.76 bits per heavy atom. The number of hydrogen-bond donors (Lipinski definition) is 2. The third kappa shape index (κ3) is 4.03. The molecule has 1 aliphatic rings. The lowest BCUT2D eigenvalue weighted by molar-refractivity contribution is 0.297. The maximum atomic E-state index is 9.23. The lowest BCUT2D eigenvalue weighted by atomic mass is 10.1. The molecule has 0 atom stereocenters. The standard InChI is InChI=1S/C8H9ClO2.C8H7ClO/c9-7-2-1-3-8(11)6(7)4-5-10;9-7-2-1-3-8-6(7)4-5-10-8/h1-3,10-11H,4-5H2;1-3H,4-5H2. The molecule has 2 aromatic carbocycles. The van der Waals surface area contributed by atoms with Crippen molar-refractivity contribution in [3.8, 4) is 11.5 Å². The summed E-state index contributed by atoms with van der Waals surface area (Å²) in [5, 5.41) is 19.2. The Morgan fingerprint density at radius 1 is 1.05 bits per heavy atom. The van der Waals surface area contributed by atoms with Gasteiger partial charge < -0.3 is 14.9 Å². The molecule has 0 radical (unpaired) electrons. The fourth-order valence-electron chi connectivity index (χ4n) is 2.09. The van der Waals surface area contributed by atoms with E-state index in [4.69, 9.17) is 33.0 Å². The first-order valence-electron chi connectivity index (χ1n) is 6.61. The lowest BCUT2D eigenvalue weighted by Gasteiger charge is -2.03. The van der Waals surface area contributed by atoms with Gasteiger partial charge in [-0.25, -0.2) is 0 Å². The van der Waals surface area contributed by atoms with Crippen molar-refractivity contribution < 1.29 is 14.9 Å². The number of halogens is 2. The van der Waals surface area contributed by atoms with E-state index in [-0.39, 0.29) is 12.4 Å². The van der Waals surface area contributed by atoms with E-state index >= 15 is 0 Å². The molecule has 0 amide bonds. The summed E-state index contributed by atoms with van der Waals surface area (Å²) < 4.78 is 5.29. The highest BCUT2D eigenvalue weighted by molar-refractivity contribution is 6.31. The van der Waals surface area contributed by atoms with Crippen molar-refractivity contribution in [2.75, 3.05) is 13.2 Å². The Kier molecular flexibility index (Phi) is 5.74. The molecule has 0 aromatic heterocycles. The molecule has 0 spiro atoms. The van der Waals surface area contributed by atoms with Crippen LogP contribution in [0.5, 0.6) is 11.5 Å². The van der Waals surface area contributed by atoms with E-state index in [0.717, 1.165) is 29.4 Å². The monoisotopic (exact) mass is 326 g/mol. The SMILES string of the molecule is Clc1cccc2c1CCO2.OCCc1c(O)cccc1Cl. The van der Waals surface area contributed by atoms with E-state index in [1.54, 1.807) is 18.2 Å². The summed E-state index contributed by atoms with van der Waals surface area (Å²) in [7, 11) is 0. The van der Waals surface area contributed by atoms with E-state index in [1.165, 1.54) is 0 Å². The average molecular weight is 327 g/mol. The molecule has 3 nitrogen and oxygen atoms in total. The Hall–Kier alpha value is -1.42. The smallest absolute Gasteiger partial charge is 0.124 e. The van der Waals surface area contributed by atoms with E-state index in [2.05, 4.69) is 0 Å². The normalized spacial score (nSPS) is 12.1. The van der Waals surface area contributed by atoms with Crippen molar-refractivity contribution in [3.63, 3.8) is 0 Å². The number of rotatable bonds is 2. The fraction of sp³-hybridized carbons (Fsp3) is 0.250. The van der Waals surface area contributed by atoms with Crippen molar-refractivity contribution in [1.82, 2.24) is 0 Å². The van der Waals surface area contributed by atoms with Crippen LogP contribution in [0.15, 0.2) is 36.4 Å². The summed E-state index contributed by atoms with van der Waals surface area (Å²) in [6.07, 6.45) is 1.35. The number of aromatic hydroxyl groups is 1. The third-order valence-corrected chi connectivity index (χ3v) is 3.85. The topological polar surface area (TPSA) is 49.7 Å². The minimum atomic E-state index is -0.00269. The van der Waals surface area contributed by atoms with Gasteiger partial charge >= 0.3 is 0 Å². The Morgan fingerprint density at radius 3 is 2.43 bits per heavy atom. The predicted molar refractivity (Wildman–Crippen MR) is 84.6 cm³/mol. The summed E-state index contributed by atoms with van der Waals surface area (Å²) in [6, 6.07) is 10.7. The fourth-order valence-corrected chi connectivity index (χ4v) is 2.61. The van der Waals surface area contributed by atoms with Crippen LogP contribution in [0.4, 0.5) is 0 Å². The van der Waals surface area contributed by atoms with Crippen molar-refractivity contribution >= 4 is 23.2 Å². The van der Waals surface area contributed by atoms with Crippen LogP contribution in [0.1, 0.15) is 11.1 Å². The second-order valence-corrected chi connectivity index (χ2v) is 5.34. The molecule has 1 aliphatic heterocycles. The highest BCUT2D eigenvalue weighted by Gasteiger charge is 2.13. The van der Waals surface area contributed by atoms with Crippen LogP contribution in [-0.4, -0.2) is 23.4 Å². The van der Waals surface area contributed by atoms with Crippen LogP contribution in [0, 0.1) is 0 Å². The first kappa shape index (κ1) is 16.0. The number of hydrogen-bond acceptors (Lipinski definition) is 3. The van der Waals surface area contributed by atoms with Gasteiger partial charge in [0, 0.05) is 40.6 Å². The van der Waals surface area contributed by atoms with Crippen LogP contribution >= 0.6 is 23.2 Å². The average Bonchev–Trinajstić information content (AvgIpc) is 2.94. The van der Waals surface area contributed by atoms with Crippen molar-refractivity contribution in [3.05, 3.63) is 57.6 Å². The Balaban J connectivity index is 0.000000154. The third-order valence-electron chi connectivity index (χ3n) is 3.14. The van der Waals surface area contributed by atoms with Gasteiger partial charge in [0.1, 0.15) is 11.5 Å². The predicted octanol–water partition coefficient (Wildman–Crippen LogP) is 3.86. The van der Waals surface area contributed by atoms with E-state index in [9.17, 15) is 5.11 Å². The molecule has 2 N–H and O–H groups in total. The minimum Gasteiger partial charge on any atom is -0.508 e. The van der Waals surface area contributed by atoms with Crippen LogP contribution < -0.4 is 4.74 Å². The van der Waals surface area contributed by atoms with Crippen molar-refractivity contribution in [2.45, 2.75) is 12.8 Å². The van der Waals surface area contributed by atoms with Gasteiger partial charge in [-0.05, 0) is 24.3 Å². The second-order valence-electron chi connectivity index (χ2n) is 4.53. The number of phenols is 1. The molecule has 0 unspecified atom stereocenters. The van der Waals surface area contributed by atoms with E-state index in [1.807, 2.05) is 18.2 Å². The maximum Gasteiger partial charge on any atom is 0.124 e. The molecule has 0 saturated carbocycles. The van der Waals surface area contributed by atoms with Crippen molar-refractivity contribution in [2.24, 2.45) is 0 Å². The Labute approximate surface area is 133 Å². The Bertz CT molecular complexity index is 594. The molecule has 21 heavy (non-hydrogen) atoms. The molecular formula is C16H16Cl2O3. The highest BCUT2D eigenvalue weighted by atomic mass is 35.5. The molecule has 2 aromatic rings. The van der Waals surface area contributed by atoms with Gasteiger partial charge in [-0.3, -0.25) is 0 Å². The quantitative estimate of drug-likeness (QED) is 0.881. The number of aliphatic hydroxyl groups excluding tert-OH is 1. The largest absolute Gasteiger partial charge is 0.508 e. The number of ether oxygens (including phenoxy) is 1. The number of phenolic OH excluding ortho intramolecular Hbond substituents is 1. The van der Waals surface area contributed by atoms with Crippen LogP contribution in [0.2, 0.25) is 10.0 Å². The van der Waals surface area contributed by atoms with Gasteiger partial charge in [-0.2, -0.15) is 0 Å². The molecule has 0 aliphatic carbocycles. The molecule has 5 heteroatoms. The molecule has 0 bridgehead atoms. The maximum absolute atomic E-state index is 9.23. The minimum absolute atomic E-state index is 0.00269. The molecule has 112 valence electrons.